The molecule has 0 aliphatic heterocycles. The Morgan fingerprint density at radius 3 is 2.92 bits per heavy atom. The van der Waals surface area contributed by atoms with Crippen LogP contribution in [0.4, 0.5) is 0 Å². The predicted octanol–water partition coefficient (Wildman–Crippen LogP) is 0.195. The lowest BCUT2D eigenvalue weighted by molar-refractivity contribution is 0.0707. The Morgan fingerprint density at radius 2 is 2.38 bits per heavy atom. The van der Waals surface area contributed by atoms with Gasteiger partial charge >= 0.3 is 0 Å². The van der Waals surface area contributed by atoms with Gasteiger partial charge in [-0.05, 0) is 13.8 Å². The third kappa shape index (κ3) is 3.52. The summed E-state index contributed by atoms with van der Waals surface area (Å²) in [6, 6.07) is 0. The van der Waals surface area contributed by atoms with Crippen molar-refractivity contribution in [1.82, 2.24) is 15.0 Å². The van der Waals surface area contributed by atoms with E-state index >= 15 is 0 Å². The molecule has 1 heterocycles. The van der Waals surface area contributed by atoms with E-state index in [1.807, 2.05) is 13.8 Å². The molecule has 0 radical (unpaired) electrons. The molecule has 0 aromatic carbocycles. The van der Waals surface area contributed by atoms with Gasteiger partial charge in [0.15, 0.2) is 0 Å². The predicted molar refractivity (Wildman–Crippen MR) is 47.0 cm³/mol. The number of nitrogens with zero attached hydrogens (tertiary/aromatic N) is 3. The van der Waals surface area contributed by atoms with E-state index < -0.39 is 0 Å². The summed E-state index contributed by atoms with van der Waals surface area (Å²) in [6.45, 7) is 5.20. The molecule has 13 heavy (non-hydrogen) atoms. The summed E-state index contributed by atoms with van der Waals surface area (Å²) in [7, 11) is 0. The Bertz CT molecular complexity index is 247. The number of rotatable bonds is 5. The zero-order valence-corrected chi connectivity index (χ0v) is 7.97. The second kappa shape index (κ2) is 4.94. The van der Waals surface area contributed by atoms with Crippen LogP contribution in [0, 0.1) is 0 Å². The highest BCUT2D eigenvalue weighted by Gasteiger charge is 1.99. The first-order valence-corrected chi connectivity index (χ1v) is 4.34. The SMILES string of the molecule is CC(C)OCCn1cc(CO)nn1. The van der Waals surface area contributed by atoms with Gasteiger partial charge in [0.25, 0.3) is 0 Å². The fraction of sp³-hybridized carbons (Fsp3) is 0.750. The van der Waals surface area contributed by atoms with Crippen LogP contribution in [0.2, 0.25) is 0 Å². The van der Waals surface area contributed by atoms with Crippen molar-refractivity contribution in [1.29, 1.82) is 0 Å². The molecule has 1 N–H and O–H groups in total. The molecule has 0 saturated heterocycles. The molecule has 74 valence electrons. The molecular weight excluding hydrogens is 170 g/mol. The van der Waals surface area contributed by atoms with Crippen LogP contribution in [0.5, 0.6) is 0 Å². The normalized spacial score (nSPS) is 11.1. The maximum atomic E-state index is 8.72. The van der Waals surface area contributed by atoms with Crippen molar-refractivity contribution >= 4 is 0 Å². The minimum absolute atomic E-state index is 0.0644. The topological polar surface area (TPSA) is 60.2 Å². The Balaban J connectivity index is 2.28. The molecule has 0 amide bonds. The molecule has 0 bridgehead atoms. The number of aliphatic hydroxyl groups excluding tert-OH is 1. The summed E-state index contributed by atoms with van der Waals surface area (Å²) in [4.78, 5) is 0. The monoisotopic (exact) mass is 185 g/mol. The Labute approximate surface area is 77.3 Å². The van der Waals surface area contributed by atoms with E-state index in [1.165, 1.54) is 0 Å². The van der Waals surface area contributed by atoms with Gasteiger partial charge in [-0.1, -0.05) is 5.21 Å². The van der Waals surface area contributed by atoms with Crippen LogP contribution in [-0.2, 0) is 17.9 Å². The lowest BCUT2D eigenvalue weighted by Crippen LogP contribution is -2.10. The van der Waals surface area contributed by atoms with E-state index in [0.717, 1.165) is 0 Å². The second-order valence-corrected chi connectivity index (χ2v) is 3.05. The van der Waals surface area contributed by atoms with Gasteiger partial charge in [0.1, 0.15) is 5.69 Å². The van der Waals surface area contributed by atoms with E-state index in [4.69, 9.17) is 9.84 Å². The fourth-order valence-electron chi connectivity index (χ4n) is 0.902. The molecule has 0 saturated carbocycles. The van der Waals surface area contributed by atoms with Crippen LogP contribution >= 0.6 is 0 Å². The van der Waals surface area contributed by atoms with Crippen molar-refractivity contribution in [3.8, 4) is 0 Å². The molecule has 1 aromatic heterocycles. The molecule has 0 atom stereocenters. The van der Waals surface area contributed by atoms with Gasteiger partial charge in [0.2, 0.25) is 0 Å². The number of aromatic nitrogens is 3. The van der Waals surface area contributed by atoms with Gasteiger partial charge in [-0.2, -0.15) is 0 Å². The average Bonchev–Trinajstić information content (AvgIpc) is 2.52. The standard InChI is InChI=1S/C8H15N3O2/c1-7(2)13-4-3-11-5-8(6-12)9-10-11/h5,7,12H,3-4,6H2,1-2H3. The quantitative estimate of drug-likeness (QED) is 0.711. The van der Waals surface area contributed by atoms with Gasteiger partial charge in [-0.3, -0.25) is 0 Å². The number of aliphatic hydroxyl groups is 1. The summed E-state index contributed by atoms with van der Waals surface area (Å²) >= 11 is 0. The zero-order valence-electron chi connectivity index (χ0n) is 7.97. The highest BCUT2D eigenvalue weighted by Crippen LogP contribution is 1.93. The van der Waals surface area contributed by atoms with Crippen LogP contribution < -0.4 is 0 Å². The first kappa shape index (κ1) is 10.1. The molecule has 0 fully saturated rings. The molecule has 5 nitrogen and oxygen atoms in total. The maximum Gasteiger partial charge on any atom is 0.108 e. The largest absolute Gasteiger partial charge is 0.390 e. The van der Waals surface area contributed by atoms with E-state index in [0.29, 0.717) is 18.8 Å². The minimum Gasteiger partial charge on any atom is -0.390 e. The Morgan fingerprint density at radius 1 is 1.62 bits per heavy atom. The second-order valence-electron chi connectivity index (χ2n) is 3.05. The number of hydrogen-bond acceptors (Lipinski definition) is 4. The van der Waals surface area contributed by atoms with Crippen molar-refractivity contribution < 1.29 is 9.84 Å². The van der Waals surface area contributed by atoms with Crippen molar-refractivity contribution in [2.45, 2.75) is 33.1 Å². The molecule has 0 spiro atoms. The Kier molecular flexibility index (Phi) is 3.85. The van der Waals surface area contributed by atoms with Crippen molar-refractivity contribution in [3.05, 3.63) is 11.9 Å². The smallest absolute Gasteiger partial charge is 0.108 e. The molecule has 0 unspecified atom stereocenters. The van der Waals surface area contributed by atoms with Gasteiger partial charge in [-0.25, -0.2) is 4.68 Å². The molecular formula is C8H15N3O2. The summed E-state index contributed by atoms with van der Waals surface area (Å²) in [5.74, 6) is 0. The Hall–Kier alpha value is -0.940. The number of ether oxygens (including phenoxy) is 1. The summed E-state index contributed by atoms with van der Waals surface area (Å²) in [5, 5.41) is 16.3. The summed E-state index contributed by atoms with van der Waals surface area (Å²) in [5.41, 5.74) is 0.588. The van der Waals surface area contributed by atoms with Gasteiger partial charge in [0.05, 0.1) is 32.1 Å². The van der Waals surface area contributed by atoms with Crippen molar-refractivity contribution in [2.24, 2.45) is 0 Å². The van der Waals surface area contributed by atoms with Crippen LogP contribution in [0.25, 0.3) is 0 Å². The lowest BCUT2D eigenvalue weighted by atomic mass is 10.5. The summed E-state index contributed by atoms with van der Waals surface area (Å²) < 4.78 is 7.00. The number of hydrogen-bond donors (Lipinski definition) is 1. The van der Waals surface area contributed by atoms with E-state index in [9.17, 15) is 0 Å². The fourth-order valence-corrected chi connectivity index (χ4v) is 0.902. The van der Waals surface area contributed by atoms with Gasteiger partial charge in [-0.15, -0.1) is 5.10 Å². The summed E-state index contributed by atoms with van der Waals surface area (Å²) in [6.07, 6.45) is 1.95. The lowest BCUT2D eigenvalue weighted by Gasteiger charge is -2.06. The first-order chi connectivity index (χ1) is 6.22. The third-order valence-corrected chi connectivity index (χ3v) is 1.52. The van der Waals surface area contributed by atoms with Crippen molar-refractivity contribution in [3.63, 3.8) is 0 Å². The maximum absolute atomic E-state index is 8.72. The molecule has 0 aliphatic carbocycles. The molecule has 0 aliphatic rings. The van der Waals surface area contributed by atoms with E-state index in [2.05, 4.69) is 10.3 Å². The van der Waals surface area contributed by atoms with E-state index in [-0.39, 0.29) is 12.7 Å². The molecule has 1 aromatic rings. The van der Waals surface area contributed by atoms with Crippen LogP contribution in [-0.4, -0.2) is 32.8 Å². The average molecular weight is 185 g/mol. The minimum atomic E-state index is -0.0644. The van der Waals surface area contributed by atoms with E-state index in [1.54, 1.807) is 10.9 Å². The van der Waals surface area contributed by atoms with Crippen LogP contribution in [0.1, 0.15) is 19.5 Å². The van der Waals surface area contributed by atoms with Crippen LogP contribution in [0.15, 0.2) is 6.20 Å². The molecule has 5 heteroatoms. The third-order valence-electron chi connectivity index (χ3n) is 1.52. The van der Waals surface area contributed by atoms with Crippen molar-refractivity contribution in [2.75, 3.05) is 6.61 Å². The van der Waals surface area contributed by atoms with Gasteiger partial charge in [0, 0.05) is 0 Å². The highest BCUT2D eigenvalue weighted by atomic mass is 16.5. The van der Waals surface area contributed by atoms with Gasteiger partial charge < -0.3 is 9.84 Å². The highest BCUT2D eigenvalue weighted by molar-refractivity contribution is 4.88. The first-order valence-electron chi connectivity index (χ1n) is 4.34. The van der Waals surface area contributed by atoms with Crippen LogP contribution in [0.3, 0.4) is 0 Å². The molecule has 1 rings (SSSR count). The zero-order chi connectivity index (χ0) is 9.68.